The van der Waals surface area contributed by atoms with Crippen LogP contribution in [0.25, 0.3) is 0 Å². The molecule has 0 fully saturated rings. The largest absolute Gasteiger partial charge is 0.396 e. The van der Waals surface area contributed by atoms with E-state index in [1.807, 2.05) is 6.07 Å². The summed E-state index contributed by atoms with van der Waals surface area (Å²) in [7, 11) is 1.79. The zero-order chi connectivity index (χ0) is 12.9. The van der Waals surface area contributed by atoms with Gasteiger partial charge in [-0.25, -0.2) is 4.98 Å². The molecule has 0 aliphatic heterocycles. The van der Waals surface area contributed by atoms with Crippen molar-refractivity contribution in [1.29, 1.82) is 0 Å². The highest BCUT2D eigenvalue weighted by Crippen LogP contribution is 2.24. The molecule has 1 aromatic heterocycles. The van der Waals surface area contributed by atoms with Gasteiger partial charge in [0.25, 0.3) is 0 Å². The molecule has 1 atom stereocenters. The van der Waals surface area contributed by atoms with Gasteiger partial charge in [-0.3, -0.25) is 0 Å². The summed E-state index contributed by atoms with van der Waals surface area (Å²) in [6, 6.07) is 2.00. The number of hydrogen-bond acceptors (Lipinski definition) is 5. The molecule has 1 rings (SSSR count). The molecule has 5 heteroatoms. The van der Waals surface area contributed by atoms with Crippen LogP contribution in [0.4, 0.5) is 11.8 Å². The van der Waals surface area contributed by atoms with E-state index in [-0.39, 0.29) is 18.1 Å². The summed E-state index contributed by atoms with van der Waals surface area (Å²) in [6.07, 6.45) is 2.40. The van der Waals surface area contributed by atoms with E-state index in [1.54, 1.807) is 13.2 Å². The van der Waals surface area contributed by atoms with E-state index in [0.29, 0.717) is 12.4 Å². The summed E-state index contributed by atoms with van der Waals surface area (Å²) < 4.78 is 0. The average molecular weight is 238 g/mol. The molecule has 96 valence electrons. The standard InChI is InChI=1S/C12H22N4O/c1-12(2,3)9(6-8-17)15-10-5-7-14-11(13-4)16-10/h5,7,9,17H,6,8H2,1-4H3,(H2,13,14,15,16). The highest BCUT2D eigenvalue weighted by atomic mass is 16.3. The first-order valence-corrected chi connectivity index (χ1v) is 5.85. The van der Waals surface area contributed by atoms with Crippen molar-refractivity contribution in [1.82, 2.24) is 9.97 Å². The highest BCUT2D eigenvalue weighted by Gasteiger charge is 2.24. The van der Waals surface area contributed by atoms with Crippen LogP contribution < -0.4 is 10.6 Å². The molecule has 0 spiro atoms. The second kappa shape index (κ2) is 5.82. The minimum Gasteiger partial charge on any atom is -0.396 e. The molecular weight excluding hydrogens is 216 g/mol. The third kappa shape index (κ3) is 4.19. The SMILES string of the molecule is CNc1nccc(NC(CCO)C(C)(C)C)n1. The van der Waals surface area contributed by atoms with Crippen molar-refractivity contribution in [2.75, 3.05) is 24.3 Å². The summed E-state index contributed by atoms with van der Waals surface area (Å²) in [5.74, 6) is 1.37. The Kier molecular flexibility index (Phi) is 4.69. The van der Waals surface area contributed by atoms with Gasteiger partial charge in [-0.05, 0) is 17.9 Å². The average Bonchev–Trinajstić information content (AvgIpc) is 2.27. The minimum atomic E-state index is 0.0630. The Morgan fingerprint density at radius 1 is 1.41 bits per heavy atom. The van der Waals surface area contributed by atoms with Crippen LogP contribution in [0.1, 0.15) is 27.2 Å². The zero-order valence-electron chi connectivity index (χ0n) is 11.0. The van der Waals surface area contributed by atoms with E-state index in [1.165, 1.54) is 0 Å². The molecular formula is C12H22N4O. The van der Waals surface area contributed by atoms with E-state index in [0.717, 1.165) is 5.82 Å². The van der Waals surface area contributed by atoms with Crippen LogP contribution in [0, 0.1) is 5.41 Å². The first-order chi connectivity index (χ1) is 7.97. The fourth-order valence-electron chi connectivity index (χ4n) is 1.59. The predicted molar refractivity (Wildman–Crippen MR) is 70.1 cm³/mol. The van der Waals surface area contributed by atoms with Gasteiger partial charge in [0.2, 0.25) is 5.95 Å². The second-order valence-electron chi connectivity index (χ2n) is 5.09. The Morgan fingerprint density at radius 3 is 2.65 bits per heavy atom. The van der Waals surface area contributed by atoms with Crippen molar-refractivity contribution in [2.24, 2.45) is 5.41 Å². The van der Waals surface area contributed by atoms with Gasteiger partial charge in [0.05, 0.1) is 0 Å². The summed E-state index contributed by atoms with van der Waals surface area (Å²) in [6.45, 7) is 6.58. The fraction of sp³-hybridized carbons (Fsp3) is 0.667. The Balaban J connectivity index is 2.78. The lowest BCUT2D eigenvalue weighted by molar-refractivity contribution is 0.235. The molecule has 5 nitrogen and oxygen atoms in total. The Labute approximate surface area is 103 Å². The molecule has 1 heterocycles. The molecule has 0 aliphatic rings. The van der Waals surface area contributed by atoms with E-state index in [2.05, 4.69) is 41.4 Å². The summed E-state index contributed by atoms with van der Waals surface area (Å²) in [5.41, 5.74) is 0.0630. The number of aliphatic hydroxyl groups excluding tert-OH is 1. The van der Waals surface area contributed by atoms with Crippen LogP contribution in [-0.4, -0.2) is 34.8 Å². The van der Waals surface area contributed by atoms with Crippen LogP contribution in [0.2, 0.25) is 0 Å². The summed E-state index contributed by atoms with van der Waals surface area (Å²) in [5, 5.41) is 15.3. The molecule has 1 aromatic rings. The van der Waals surface area contributed by atoms with Gasteiger partial charge in [-0.2, -0.15) is 4.98 Å². The summed E-state index contributed by atoms with van der Waals surface area (Å²) in [4.78, 5) is 8.37. The molecule has 0 amide bonds. The summed E-state index contributed by atoms with van der Waals surface area (Å²) >= 11 is 0. The lowest BCUT2D eigenvalue weighted by Gasteiger charge is -2.31. The van der Waals surface area contributed by atoms with Gasteiger partial charge in [0.1, 0.15) is 5.82 Å². The van der Waals surface area contributed by atoms with Crippen LogP contribution in [0.3, 0.4) is 0 Å². The fourth-order valence-corrected chi connectivity index (χ4v) is 1.59. The second-order valence-corrected chi connectivity index (χ2v) is 5.09. The molecule has 0 saturated heterocycles. The molecule has 17 heavy (non-hydrogen) atoms. The maximum atomic E-state index is 9.09. The monoisotopic (exact) mass is 238 g/mol. The molecule has 1 unspecified atom stereocenters. The lowest BCUT2D eigenvalue weighted by Crippen LogP contribution is -2.35. The van der Waals surface area contributed by atoms with E-state index in [4.69, 9.17) is 5.11 Å². The molecule has 0 bridgehead atoms. The van der Waals surface area contributed by atoms with Crippen LogP contribution in [0.5, 0.6) is 0 Å². The van der Waals surface area contributed by atoms with Crippen molar-refractivity contribution in [3.63, 3.8) is 0 Å². The quantitative estimate of drug-likeness (QED) is 0.728. The molecule has 0 saturated carbocycles. The van der Waals surface area contributed by atoms with Crippen molar-refractivity contribution in [3.8, 4) is 0 Å². The van der Waals surface area contributed by atoms with Gasteiger partial charge >= 0.3 is 0 Å². The first-order valence-electron chi connectivity index (χ1n) is 5.85. The Bertz CT molecular complexity index is 349. The van der Waals surface area contributed by atoms with Gasteiger partial charge < -0.3 is 15.7 Å². The number of aliphatic hydroxyl groups is 1. The maximum Gasteiger partial charge on any atom is 0.224 e. The third-order valence-corrected chi connectivity index (χ3v) is 2.66. The molecule has 0 aliphatic carbocycles. The molecule has 0 aromatic carbocycles. The molecule has 3 N–H and O–H groups in total. The van der Waals surface area contributed by atoms with Crippen molar-refractivity contribution in [2.45, 2.75) is 33.2 Å². The first kappa shape index (κ1) is 13.7. The number of nitrogens with one attached hydrogen (secondary N) is 2. The van der Waals surface area contributed by atoms with E-state index < -0.39 is 0 Å². The Hall–Kier alpha value is -1.36. The number of hydrogen-bond donors (Lipinski definition) is 3. The number of aromatic nitrogens is 2. The smallest absolute Gasteiger partial charge is 0.224 e. The maximum absolute atomic E-state index is 9.09. The van der Waals surface area contributed by atoms with Crippen LogP contribution >= 0.6 is 0 Å². The third-order valence-electron chi connectivity index (χ3n) is 2.66. The van der Waals surface area contributed by atoms with Crippen molar-refractivity contribution < 1.29 is 5.11 Å². The van der Waals surface area contributed by atoms with E-state index >= 15 is 0 Å². The minimum absolute atomic E-state index is 0.0630. The van der Waals surface area contributed by atoms with Crippen molar-refractivity contribution >= 4 is 11.8 Å². The number of anilines is 2. The van der Waals surface area contributed by atoms with Gasteiger partial charge in [-0.1, -0.05) is 20.8 Å². The lowest BCUT2D eigenvalue weighted by atomic mass is 9.85. The molecule has 0 radical (unpaired) electrons. The predicted octanol–water partition coefficient (Wildman–Crippen LogP) is 1.73. The van der Waals surface area contributed by atoms with Gasteiger partial charge in [0, 0.05) is 25.9 Å². The highest BCUT2D eigenvalue weighted by molar-refractivity contribution is 5.40. The number of nitrogens with zero attached hydrogens (tertiary/aromatic N) is 2. The van der Waals surface area contributed by atoms with Gasteiger partial charge in [-0.15, -0.1) is 0 Å². The number of rotatable bonds is 5. The van der Waals surface area contributed by atoms with Crippen molar-refractivity contribution in [3.05, 3.63) is 12.3 Å². The normalized spacial score (nSPS) is 13.2. The zero-order valence-corrected chi connectivity index (χ0v) is 11.0. The topological polar surface area (TPSA) is 70.1 Å². The van der Waals surface area contributed by atoms with Crippen LogP contribution in [0.15, 0.2) is 12.3 Å². The van der Waals surface area contributed by atoms with E-state index in [9.17, 15) is 0 Å². The van der Waals surface area contributed by atoms with Gasteiger partial charge in [0.15, 0.2) is 0 Å². The van der Waals surface area contributed by atoms with Crippen LogP contribution in [-0.2, 0) is 0 Å². The Morgan fingerprint density at radius 2 is 2.12 bits per heavy atom.